The maximum absolute atomic E-state index is 11.8. The molecule has 0 aliphatic carbocycles. The van der Waals surface area contributed by atoms with Crippen molar-refractivity contribution in [2.24, 2.45) is 0 Å². The first kappa shape index (κ1) is 13.8. The van der Waals surface area contributed by atoms with E-state index in [9.17, 15) is 4.79 Å². The summed E-state index contributed by atoms with van der Waals surface area (Å²) >= 11 is 1.60. The van der Waals surface area contributed by atoms with Crippen molar-refractivity contribution in [3.05, 3.63) is 5.01 Å². The maximum Gasteiger partial charge on any atom is 0.222 e. The summed E-state index contributed by atoms with van der Waals surface area (Å²) in [4.78, 5) is 16.1. The number of carbonyl (C=O) groups is 1. The molecule has 3 rings (SSSR count). The van der Waals surface area contributed by atoms with Crippen molar-refractivity contribution in [1.29, 1.82) is 0 Å². The molecular weight excluding hydrogens is 276 g/mol. The quantitative estimate of drug-likeness (QED) is 0.837. The summed E-state index contributed by atoms with van der Waals surface area (Å²) in [6.45, 7) is 3.38. The molecule has 2 aliphatic heterocycles. The molecule has 1 amide bonds. The van der Waals surface area contributed by atoms with Gasteiger partial charge in [-0.3, -0.25) is 4.79 Å². The molecule has 0 N–H and O–H groups in total. The van der Waals surface area contributed by atoms with Gasteiger partial charge in [-0.05, 0) is 19.3 Å². The number of nitrogens with zero attached hydrogens (tertiary/aromatic N) is 4. The summed E-state index contributed by atoms with van der Waals surface area (Å²) in [5.74, 6) is 0.335. The minimum absolute atomic E-state index is 0.335. The molecule has 0 unspecified atom stereocenters. The van der Waals surface area contributed by atoms with Crippen LogP contribution in [0, 0.1) is 0 Å². The Morgan fingerprint density at radius 2 is 2.10 bits per heavy atom. The molecule has 110 valence electrons. The number of amides is 1. The van der Waals surface area contributed by atoms with Crippen LogP contribution in [0.4, 0.5) is 5.13 Å². The topological polar surface area (TPSA) is 58.6 Å². The number of methoxy groups -OCH3 is 1. The second-order valence-electron chi connectivity index (χ2n) is 5.32. The van der Waals surface area contributed by atoms with E-state index in [1.165, 1.54) is 0 Å². The van der Waals surface area contributed by atoms with Gasteiger partial charge in [0.25, 0.3) is 0 Å². The minimum atomic E-state index is 0.335. The predicted molar refractivity (Wildman–Crippen MR) is 76.8 cm³/mol. The van der Waals surface area contributed by atoms with Gasteiger partial charge >= 0.3 is 0 Å². The number of piperidine rings is 1. The van der Waals surface area contributed by atoms with Gasteiger partial charge in [0, 0.05) is 39.2 Å². The van der Waals surface area contributed by atoms with Crippen LogP contribution in [0.3, 0.4) is 0 Å². The van der Waals surface area contributed by atoms with Gasteiger partial charge in [-0.25, -0.2) is 0 Å². The standard InChI is InChI=1S/C13H20N4O2S/c1-19-9-11-14-15-13(20-11)16-7-4-10(5-8-16)17-6-2-3-12(17)18/h10H,2-9H2,1H3. The predicted octanol–water partition coefficient (Wildman–Crippen LogP) is 1.28. The molecule has 2 aliphatic rings. The van der Waals surface area contributed by atoms with E-state index in [1.54, 1.807) is 18.4 Å². The first-order valence-corrected chi connectivity index (χ1v) is 7.95. The lowest BCUT2D eigenvalue weighted by molar-refractivity contribution is -0.130. The van der Waals surface area contributed by atoms with Crippen LogP contribution in [-0.2, 0) is 16.1 Å². The summed E-state index contributed by atoms with van der Waals surface area (Å²) in [5, 5.41) is 10.2. The van der Waals surface area contributed by atoms with E-state index in [-0.39, 0.29) is 0 Å². The Kier molecular flexibility index (Phi) is 4.16. The van der Waals surface area contributed by atoms with Crippen molar-refractivity contribution >= 4 is 22.4 Å². The molecule has 0 bridgehead atoms. The first-order chi connectivity index (χ1) is 9.78. The highest BCUT2D eigenvalue weighted by Crippen LogP contribution is 2.27. The van der Waals surface area contributed by atoms with Crippen molar-refractivity contribution in [2.45, 2.75) is 38.3 Å². The second-order valence-corrected chi connectivity index (χ2v) is 6.36. The Morgan fingerprint density at radius 1 is 1.30 bits per heavy atom. The second kappa shape index (κ2) is 6.05. The number of anilines is 1. The maximum atomic E-state index is 11.8. The number of hydrogen-bond donors (Lipinski definition) is 0. The summed E-state index contributed by atoms with van der Waals surface area (Å²) in [7, 11) is 1.67. The van der Waals surface area contributed by atoms with Gasteiger partial charge in [0.15, 0.2) is 0 Å². The first-order valence-electron chi connectivity index (χ1n) is 7.13. The number of aromatic nitrogens is 2. The van der Waals surface area contributed by atoms with Crippen LogP contribution in [0.25, 0.3) is 0 Å². The lowest BCUT2D eigenvalue weighted by Gasteiger charge is -2.36. The highest BCUT2D eigenvalue weighted by molar-refractivity contribution is 7.15. The van der Waals surface area contributed by atoms with Gasteiger partial charge in [-0.15, -0.1) is 10.2 Å². The summed E-state index contributed by atoms with van der Waals surface area (Å²) in [6.07, 6.45) is 3.82. The Hall–Kier alpha value is -1.21. The van der Waals surface area contributed by atoms with Gasteiger partial charge in [-0.1, -0.05) is 11.3 Å². The SMILES string of the molecule is COCc1nnc(N2CCC(N3CCCC3=O)CC2)s1. The number of likely N-dealkylation sites (tertiary alicyclic amines) is 1. The molecule has 0 atom stereocenters. The van der Waals surface area contributed by atoms with E-state index in [0.29, 0.717) is 18.6 Å². The zero-order valence-electron chi connectivity index (χ0n) is 11.7. The molecule has 0 spiro atoms. The van der Waals surface area contributed by atoms with E-state index < -0.39 is 0 Å². The monoisotopic (exact) mass is 296 g/mol. The van der Waals surface area contributed by atoms with E-state index in [1.807, 2.05) is 0 Å². The van der Waals surface area contributed by atoms with Crippen molar-refractivity contribution in [3.8, 4) is 0 Å². The van der Waals surface area contributed by atoms with Crippen LogP contribution in [0.5, 0.6) is 0 Å². The molecule has 2 fully saturated rings. The summed E-state index contributed by atoms with van der Waals surface area (Å²) < 4.78 is 5.07. The van der Waals surface area contributed by atoms with Gasteiger partial charge < -0.3 is 14.5 Å². The van der Waals surface area contributed by atoms with Crippen LogP contribution in [-0.4, -0.2) is 53.8 Å². The molecule has 2 saturated heterocycles. The Bertz CT molecular complexity index is 471. The molecule has 20 heavy (non-hydrogen) atoms. The van der Waals surface area contributed by atoms with Crippen molar-refractivity contribution in [2.75, 3.05) is 31.6 Å². The van der Waals surface area contributed by atoms with Crippen molar-refractivity contribution < 1.29 is 9.53 Å². The Labute approximate surface area is 122 Å². The van der Waals surface area contributed by atoms with Crippen LogP contribution in [0.1, 0.15) is 30.7 Å². The third kappa shape index (κ3) is 2.78. The third-order valence-corrected chi connectivity index (χ3v) is 4.97. The van der Waals surface area contributed by atoms with Crippen molar-refractivity contribution in [1.82, 2.24) is 15.1 Å². The summed E-state index contributed by atoms with van der Waals surface area (Å²) in [6, 6.07) is 0.424. The zero-order chi connectivity index (χ0) is 13.9. The van der Waals surface area contributed by atoms with E-state index in [2.05, 4.69) is 20.0 Å². The normalized spacial score (nSPS) is 20.9. The van der Waals surface area contributed by atoms with E-state index in [0.717, 1.165) is 55.5 Å². The lowest BCUT2D eigenvalue weighted by Crippen LogP contribution is -2.45. The number of hydrogen-bond acceptors (Lipinski definition) is 6. The van der Waals surface area contributed by atoms with Crippen LogP contribution in [0.2, 0.25) is 0 Å². The van der Waals surface area contributed by atoms with Gasteiger partial charge in [0.1, 0.15) is 11.6 Å². The molecule has 1 aromatic rings. The molecule has 0 aromatic carbocycles. The molecule has 0 radical (unpaired) electrons. The van der Waals surface area contributed by atoms with Crippen LogP contribution >= 0.6 is 11.3 Å². The smallest absolute Gasteiger partial charge is 0.222 e. The minimum Gasteiger partial charge on any atom is -0.377 e. The van der Waals surface area contributed by atoms with Crippen molar-refractivity contribution in [3.63, 3.8) is 0 Å². The van der Waals surface area contributed by atoms with Gasteiger partial charge in [0.05, 0.1) is 0 Å². The third-order valence-electron chi connectivity index (χ3n) is 4.01. The fourth-order valence-electron chi connectivity index (χ4n) is 2.98. The Balaban J connectivity index is 1.56. The number of carbonyl (C=O) groups excluding carboxylic acids is 1. The zero-order valence-corrected chi connectivity index (χ0v) is 12.6. The van der Waals surface area contributed by atoms with E-state index in [4.69, 9.17) is 4.74 Å². The molecular formula is C13H20N4O2S. The van der Waals surface area contributed by atoms with Gasteiger partial charge in [0.2, 0.25) is 11.0 Å². The average Bonchev–Trinajstić information content (AvgIpc) is 3.09. The summed E-state index contributed by atoms with van der Waals surface area (Å²) in [5.41, 5.74) is 0. The van der Waals surface area contributed by atoms with Crippen LogP contribution < -0.4 is 4.90 Å². The lowest BCUT2D eigenvalue weighted by atomic mass is 10.0. The molecule has 7 heteroatoms. The highest BCUT2D eigenvalue weighted by atomic mass is 32.1. The fraction of sp³-hybridized carbons (Fsp3) is 0.769. The average molecular weight is 296 g/mol. The van der Waals surface area contributed by atoms with Gasteiger partial charge in [-0.2, -0.15) is 0 Å². The Morgan fingerprint density at radius 3 is 2.75 bits per heavy atom. The number of ether oxygens (including phenoxy) is 1. The molecule has 6 nitrogen and oxygen atoms in total. The number of rotatable bonds is 4. The molecule has 3 heterocycles. The highest BCUT2D eigenvalue weighted by Gasteiger charge is 2.31. The molecule has 0 saturated carbocycles. The van der Waals surface area contributed by atoms with E-state index >= 15 is 0 Å². The largest absolute Gasteiger partial charge is 0.377 e. The molecule has 1 aromatic heterocycles. The van der Waals surface area contributed by atoms with Crippen LogP contribution in [0.15, 0.2) is 0 Å². The fourth-order valence-corrected chi connectivity index (χ4v) is 3.84.